The van der Waals surface area contributed by atoms with Crippen LogP contribution in [0, 0.1) is 5.41 Å². The smallest absolute Gasteiger partial charge is 0.147 e. The van der Waals surface area contributed by atoms with E-state index in [0.29, 0.717) is 11.3 Å². The third-order valence-electron chi connectivity index (χ3n) is 7.49. The summed E-state index contributed by atoms with van der Waals surface area (Å²) >= 11 is 11.0. The minimum atomic E-state index is -1.16. The number of pyridine rings is 1. The van der Waals surface area contributed by atoms with Gasteiger partial charge in [-0.05, 0) is 57.2 Å². The number of piperidine rings is 1. The lowest BCUT2D eigenvalue weighted by molar-refractivity contribution is 0.176. The maximum atomic E-state index is 13.1. The van der Waals surface area contributed by atoms with Gasteiger partial charge >= 0.3 is 0 Å². The predicted molar refractivity (Wildman–Crippen MR) is 148 cm³/mol. The van der Waals surface area contributed by atoms with Crippen LogP contribution in [-0.2, 0) is 17.8 Å². The Kier molecular flexibility index (Phi) is 7.44. The second kappa shape index (κ2) is 10.3. The van der Waals surface area contributed by atoms with E-state index in [-0.39, 0.29) is 26.4 Å². The summed E-state index contributed by atoms with van der Waals surface area (Å²) in [4.78, 5) is 15.2. The molecule has 1 aliphatic carbocycles. The molecular weight excluding hydrogens is 529 g/mol. The fraction of sp³-hybridized carbons (Fsp3) is 0.444. The van der Waals surface area contributed by atoms with Crippen LogP contribution in [0.15, 0.2) is 48.9 Å². The van der Waals surface area contributed by atoms with Crippen LogP contribution in [0.25, 0.3) is 0 Å². The summed E-state index contributed by atoms with van der Waals surface area (Å²) in [5.41, 5.74) is 3.44. The van der Waals surface area contributed by atoms with Gasteiger partial charge in [-0.3, -0.25) is 4.98 Å². The molecule has 7 nitrogen and oxygen atoms in total. The molecule has 1 fully saturated rings. The van der Waals surface area contributed by atoms with Crippen molar-refractivity contribution < 1.29 is 9.66 Å². The van der Waals surface area contributed by atoms with Crippen molar-refractivity contribution in [2.75, 3.05) is 18.0 Å². The molecule has 1 spiro atoms. The summed E-state index contributed by atoms with van der Waals surface area (Å²) in [6, 6.07) is 10.2. The molecule has 5 rings (SSSR count). The molecule has 1 saturated heterocycles. The number of hydrogen-bond acceptors (Lipinski definition) is 7. The van der Waals surface area contributed by atoms with Gasteiger partial charge in [-0.2, -0.15) is 0 Å². The summed E-state index contributed by atoms with van der Waals surface area (Å²) in [5, 5.41) is 11.1. The van der Waals surface area contributed by atoms with E-state index in [1.165, 1.54) is 17.3 Å². The van der Waals surface area contributed by atoms with Crippen molar-refractivity contribution in [3.63, 3.8) is 0 Å². The molecule has 0 saturated carbocycles. The van der Waals surface area contributed by atoms with Crippen molar-refractivity contribution >= 4 is 40.4 Å². The standard InChI is InChI=1S/C27H31Cl2N5O2S/c1-26(2,3)37(36)33-24-18-7-5-4-6-17(18)14-27(24)9-12-34(13-10-27)21-16-31-20(15-32-21)23(35)19-8-11-30-25(29)22(19)28/h4-8,11,15-16,23-24,33,35H,9-10,12-14H2,1-3H3/t23?,24-,37?/m1/s1. The van der Waals surface area contributed by atoms with E-state index in [1.54, 1.807) is 18.5 Å². The van der Waals surface area contributed by atoms with Crippen molar-refractivity contribution in [1.82, 2.24) is 19.7 Å². The first-order chi connectivity index (χ1) is 17.6. The number of anilines is 1. The zero-order chi connectivity index (χ0) is 26.4. The number of rotatable bonds is 5. The Hall–Kier alpha value is -1.94. The molecule has 3 atom stereocenters. The van der Waals surface area contributed by atoms with E-state index >= 15 is 0 Å². The highest BCUT2D eigenvalue weighted by Gasteiger charge is 2.50. The average Bonchev–Trinajstić information content (AvgIpc) is 3.17. The van der Waals surface area contributed by atoms with Gasteiger partial charge in [0.25, 0.3) is 0 Å². The second-order valence-corrected chi connectivity index (χ2v) is 13.6. The van der Waals surface area contributed by atoms with Gasteiger partial charge in [0.1, 0.15) is 21.8 Å². The lowest BCUT2D eigenvalue weighted by atomic mass is 9.73. The highest BCUT2D eigenvalue weighted by atomic mass is 35.5. The van der Waals surface area contributed by atoms with Crippen molar-refractivity contribution in [3.05, 3.63) is 81.5 Å². The Morgan fingerprint density at radius 1 is 1.11 bits per heavy atom. The fourth-order valence-electron chi connectivity index (χ4n) is 5.35. The SMILES string of the molecule is CC(C)(C)[S+]([O-])N[C@@H]1c2ccccc2CC12CCN(c1cnc(C(O)c3ccnc(Cl)c3Cl)cn1)CC2. The summed E-state index contributed by atoms with van der Waals surface area (Å²) in [5.74, 6) is 0.767. The summed E-state index contributed by atoms with van der Waals surface area (Å²) in [6.45, 7) is 7.64. The monoisotopic (exact) mass is 559 g/mol. The summed E-state index contributed by atoms with van der Waals surface area (Å²) in [7, 11) is 0. The van der Waals surface area contributed by atoms with Gasteiger partial charge in [-0.1, -0.05) is 47.5 Å². The molecule has 37 heavy (non-hydrogen) atoms. The molecular formula is C27H31Cl2N5O2S. The third kappa shape index (κ3) is 5.20. The molecule has 3 aromatic rings. The molecule has 2 aliphatic rings. The molecule has 0 amide bonds. The van der Waals surface area contributed by atoms with Crippen molar-refractivity contribution in [3.8, 4) is 0 Å². The largest absolute Gasteiger partial charge is 0.598 e. The number of nitrogens with zero attached hydrogens (tertiary/aromatic N) is 4. The van der Waals surface area contributed by atoms with Crippen LogP contribution in [0.3, 0.4) is 0 Å². The van der Waals surface area contributed by atoms with E-state index in [9.17, 15) is 9.66 Å². The normalized spacial score (nSPS) is 20.6. The number of halogens is 2. The molecule has 2 unspecified atom stereocenters. The van der Waals surface area contributed by atoms with E-state index in [1.807, 2.05) is 20.8 Å². The number of nitrogens with one attached hydrogen (secondary N) is 1. The van der Waals surface area contributed by atoms with Crippen LogP contribution >= 0.6 is 23.2 Å². The number of benzene rings is 1. The molecule has 2 N–H and O–H groups in total. The number of hydrogen-bond donors (Lipinski definition) is 2. The Balaban J connectivity index is 1.31. The van der Waals surface area contributed by atoms with Gasteiger partial charge < -0.3 is 14.6 Å². The van der Waals surface area contributed by atoms with Gasteiger partial charge in [-0.15, -0.1) is 4.72 Å². The fourth-order valence-corrected chi connectivity index (χ4v) is 6.67. The first kappa shape index (κ1) is 26.7. The first-order valence-corrected chi connectivity index (χ1v) is 14.3. The Labute approximate surface area is 231 Å². The second-order valence-electron chi connectivity index (χ2n) is 10.9. The maximum absolute atomic E-state index is 13.1. The van der Waals surface area contributed by atoms with Crippen molar-refractivity contribution in [2.24, 2.45) is 5.41 Å². The van der Waals surface area contributed by atoms with Gasteiger partial charge in [0.15, 0.2) is 0 Å². The quantitative estimate of drug-likeness (QED) is 0.327. The van der Waals surface area contributed by atoms with Crippen LogP contribution in [-0.4, -0.2) is 42.4 Å². The lowest BCUT2D eigenvalue weighted by Gasteiger charge is -2.44. The molecule has 196 valence electrons. The van der Waals surface area contributed by atoms with Gasteiger partial charge in [-0.25, -0.2) is 9.97 Å². The van der Waals surface area contributed by atoms with E-state index in [0.717, 1.165) is 38.2 Å². The zero-order valence-electron chi connectivity index (χ0n) is 21.1. The van der Waals surface area contributed by atoms with Crippen LogP contribution in [0.5, 0.6) is 0 Å². The molecule has 0 radical (unpaired) electrons. The molecule has 3 heterocycles. The first-order valence-electron chi connectivity index (χ1n) is 12.4. The average molecular weight is 561 g/mol. The van der Waals surface area contributed by atoms with Crippen molar-refractivity contribution in [2.45, 2.75) is 56.9 Å². The Bertz CT molecular complexity index is 1260. The number of aliphatic hydroxyl groups is 1. The Morgan fingerprint density at radius 3 is 2.51 bits per heavy atom. The topological polar surface area (TPSA) is 97.2 Å². The molecule has 1 aliphatic heterocycles. The van der Waals surface area contributed by atoms with Gasteiger partial charge in [0.05, 0.1) is 29.2 Å². The minimum Gasteiger partial charge on any atom is -0.598 e. The zero-order valence-corrected chi connectivity index (χ0v) is 23.4. The molecule has 10 heteroatoms. The van der Waals surface area contributed by atoms with E-state index in [4.69, 9.17) is 23.2 Å². The highest BCUT2D eigenvalue weighted by molar-refractivity contribution is 7.90. The van der Waals surface area contributed by atoms with Crippen LogP contribution in [0.1, 0.15) is 68.1 Å². The number of aromatic nitrogens is 3. The molecule has 1 aromatic carbocycles. The van der Waals surface area contributed by atoms with Gasteiger partial charge in [0, 0.05) is 41.6 Å². The lowest BCUT2D eigenvalue weighted by Crippen LogP contribution is -2.49. The summed E-state index contributed by atoms with van der Waals surface area (Å²) < 4.78 is 16.3. The summed E-state index contributed by atoms with van der Waals surface area (Å²) in [6.07, 6.45) is 6.58. The third-order valence-corrected chi connectivity index (χ3v) is 9.84. The molecule has 0 bridgehead atoms. The highest BCUT2D eigenvalue weighted by Crippen LogP contribution is 2.52. The van der Waals surface area contributed by atoms with Gasteiger partial charge in [0.2, 0.25) is 0 Å². The van der Waals surface area contributed by atoms with Crippen molar-refractivity contribution in [1.29, 1.82) is 0 Å². The van der Waals surface area contributed by atoms with Crippen LogP contribution in [0.4, 0.5) is 5.82 Å². The number of aliphatic hydroxyl groups excluding tert-OH is 1. The van der Waals surface area contributed by atoms with Crippen LogP contribution < -0.4 is 9.62 Å². The number of fused-ring (bicyclic) bond motifs is 1. The predicted octanol–water partition coefficient (Wildman–Crippen LogP) is 5.20. The van der Waals surface area contributed by atoms with Crippen LogP contribution in [0.2, 0.25) is 10.2 Å². The minimum absolute atomic E-state index is 0.00201. The Morgan fingerprint density at radius 2 is 1.84 bits per heavy atom. The molecule has 2 aromatic heterocycles. The maximum Gasteiger partial charge on any atom is 0.147 e. The van der Waals surface area contributed by atoms with E-state index < -0.39 is 17.5 Å². The van der Waals surface area contributed by atoms with E-state index in [2.05, 4.69) is 48.8 Å².